The third-order valence-corrected chi connectivity index (χ3v) is 4.95. The monoisotopic (exact) mass is 309 g/mol. The highest BCUT2D eigenvalue weighted by molar-refractivity contribution is 7.98. The maximum Gasteiger partial charge on any atom is 0.127 e. The summed E-state index contributed by atoms with van der Waals surface area (Å²) in [6, 6.07) is 14.3. The molecule has 20 heavy (non-hydrogen) atoms. The Bertz CT molecular complexity index is 574. The van der Waals surface area contributed by atoms with Crippen molar-refractivity contribution in [3.63, 3.8) is 0 Å². The molecule has 0 spiro atoms. The highest BCUT2D eigenvalue weighted by Gasteiger charge is 2.20. The van der Waals surface area contributed by atoms with Crippen LogP contribution in [0.15, 0.2) is 48.5 Å². The summed E-state index contributed by atoms with van der Waals surface area (Å²) in [5.74, 6) is 0.502. The second-order valence-electron chi connectivity index (χ2n) is 4.70. The van der Waals surface area contributed by atoms with Gasteiger partial charge in [0.1, 0.15) is 5.82 Å². The normalized spacial score (nSPS) is 14.0. The van der Waals surface area contributed by atoms with E-state index in [2.05, 4.69) is 0 Å². The van der Waals surface area contributed by atoms with Gasteiger partial charge in [-0.1, -0.05) is 48.0 Å². The second-order valence-corrected chi connectivity index (χ2v) is 6.24. The fourth-order valence-corrected chi connectivity index (χ4v) is 3.59. The molecule has 0 radical (unpaired) electrons. The Labute approximate surface area is 128 Å². The molecule has 2 aromatic carbocycles. The standard InChI is InChI=1S/C16H17ClFNS/c1-11(19)16(13-7-3-5-9-15(13)18)20-10-12-6-2-4-8-14(12)17/h2-9,11,16H,10,19H2,1H3. The molecule has 0 aliphatic rings. The molecule has 0 saturated carbocycles. The minimum Gasteiger partial charge on any atom is -0.327 e. The summed E-state index contributed by atoms with van der Waals surface area (Å²) in [6.07, 6.45) is 0. The van der Waals surface area contributed by atoms with Crippen molar-refractivity contribution in [3.8, 4) is 0 Å². The van der Waals surface area contributed by atoms with Crippen LogP contribution in [0, 0.1) is 5.82 Å². The maximum atomic E-state index is 13.9. The molecular weight excluding hydrogens is 293 g/mol. The predicted molar refractivity (Wildman–Crippen MR) is 85.5 cm³/mol. The zero-order valence-electron chi connectivity index (χ0n) is 11.2. The number of rotatable bonds is 5. The van der Waals surface area contributed by atoms with Gasteiger partial charge in [-0.2, -0.15) is 0 Å². The van der Waals surface area contributed by atoms with Crippen molar-refractivity contribution in [3.05, 3.63) is 70.5 Å². The summed E-state index contributed by atoms with van der Waals surface area (Å²) >= 11 is 7.76. The number of thioether (sulfide) groups is 1. The van der Waals surface area contributed by atoms with Gasteiger partial charge in [0.25, 0.3) is 0 Å². The summed E-state index contributed by atoms with van der Waals surface area (Å²) in [6.45, 7) is 1.90. The van der Waals surface area contributed by atoms with Crippen LogP contribution >= 0.6 is 23.4 Å². The van der Waals surface area contributed by atoms with Gasteiger partial charge in [-0.05, 0) is 24.6 Å². The van der Waals surface area contributed by atoms with E-state index in [4.69, 9.17) is 17.3 Å². The van der Waals surface area contributed by atoms with Crippen molar-refractivity contribution in [2.45, 2.75) is 24.0 Å². The van der Waals surface area contributed by atoms with Gasteiger partial charge in [0.15, 0.2) is 0 Å². The lowest BCUT2D eigenvalue weighted by molar-refractivity contribution is 0.592. The molecule has 0 bridgehead atoms. The van der Waals surface area contributed by atoms with Gasteiger partial charge >= 0.3 is 0 Å². The Kier molecular flexibility index (Phi) is 5.46. The van der Waals surface area contributed by atoms with Crippen LogP contribution in [-0.2, 0) is 5.75 Å². The molecule has 2 atom stereocenters. The van der Waals surface area contributed by atoms with Gasteiger partial charge in [-0.15, -0.1) is 11.8 Å². The fourth-order valence-electron chi connectivity index (χ4n) is 2.03. The first-order valence-electron chi connectivity index (χ1n) is 6.44. The Morgan fingerprint density at radius 1 is 1.15 bits per heavy atom. The maximum absolute atomic E-state index is 13.9. The molecule has 2 unspecified atom stereocenters. The van der Waals surface area contributed by atoms with Crippen LogP contribution in [0.5, 0.6) is 0 Å². The zero-order chi connectivity index (χ0) is 14.5. The van der Waals surface area contributed by atoms with Gasteiger partial charge in [0, 0.05) is 27.6 Å². The van der Waals surface area contributed by atoms with Gasteiger partial charge in [-0.25, -0.2) is 4.39 Å². The van der Waals surface area contributed by atoms with Crippen LogP contribution < -0.4 is 5.73 Å². The third-order valence-electron chi connectivity index (χ3n) is 3.07. The lowest BCUT2D eigenvalue weighted by Crippen LogP contribution is -2.23. The van der Waals surface area contributed by atoms with E-state index in [1.165, 1.54) is 6.07 Å². The molecule has 2 N–H and O–H groups in total. The first-order chi connectivity index (χ1) is 9.59. The summed E-state index contributed by atoms with van der Waals surface area (Å²) in [5, 5.41) is 0.643. The van der Waals surface area contributed by atoms with Crippen LogP contribution in [0.2, 0.25) is 5.02 Å². The van der Waals surface area contributed by atoms with Crippen molar-refractivity contribution < 1.29 is 4.39 Å². The number of benzene rings is 2. The van der Waals surface area contributed by atoms with Crippen molar-refractivity contribution in [1.29, 1.82) is 0 Å². The summed E-state index contributed by atoms with van der Waals surface area (Å²) in [5.41, 5.74) is 7.71. The Balaban J connectivity index is 2.15. The third kappa shape index (κ3) is 3.75. The number of halogens is 2. The molecule has 0 saturated heterocycles. The smallest absolute Gasteiger partial charge is 0.127 e. The molecule has 0 aliphatic heterocycles. The van der Waals surface area contributed by atoms with E-state index in [1.54, 1.807) is 23.9 Å². The average Bonchev–Trinajstić information content (AvgIpc) is 2.42. The van der Waals surface area contributed by atoms with E-state index in [1.807, 2.05) is 37.3 Å². The molecule has 0 aliphatic carbocycles. The summed E-state index contributed by atoms with van der Waals surface area (Å²) in [7, 11) is 0. The van der Waals surface area contributed by atoms with Crippen LogP contribution in [0.4, 0.5) is 4.39 Å². The van der Waals surface area contributed by atoms with Crippen molar-refractivity contribution in [1.82, 2.24) is 0 Å². The summed E-state index contributed by atoms with van der Waals surface area (Å²) in [4.78, 5) is 0. The minimum absolute atomic E-state index is 0.0903. The molecule has 4 heteroatoms. The zero-order valence-corrected chi connectivity index (χ0v) is 12.8. The number of hydrogen-bond donors (Lipinski definition) is 1. The summed E-state index contributed by atoms with van der Waals surface area (Å²) < 4.78 is 13.9. The number of hydrogen-bond acceptors (Lipinski definition) is 2. The quantitative estimate of drug-likeness (QED) is 0.858. The van der Waals surface area contributed by atoms with E-state index in [0.717, 1.165) is 10.6 Å². The molecule has 106 valence electrons. The van der Waals surface area contributed by atoms with E-state index >= 15 is 0 Å². The Morgan fingerprint density at radius 3 is 2.45 bits per heavy atom. The molecule has 2 aromatic rings. The van der Waals surface area contributed by atoms with E-state index < -0.39 is 0 Å². The van der Waals surface area contributed by atoms with Crippen molar-refractivity contribution in [2.24, 2.45) is 5.73 Å². The molecule has 2 rings (SSSR count). The minimum atomic E-state index is -0.207. The van der Waals surface area contributed by atoms with Gasteiger partial charge in [-0.3, -0.25) is 0 Å². The van der Waals surface area contributed by atoms with Crippen molar-refractivity contribution in [2.75, 3.05) is 0 Å². The predicted octanol–water partition coefficient (Wildman–Crippen LogP) is 4.80. The Morgan fingerprint density at radius 2 is 1.80 bits per heavy atom. The molecule has 1 nitrogen and oxygen atoms in total. The topological polar surface area (TPSA) is 26.0 Å². The molecular formula is C16H17ClFNS. The first-order valence-corrected chi connectivity index (χ1v) is 7.87. The van der Waals surface area contributed by atoms with Gasteiger partial charge in [0.2, 0.25) is 0 Å². The highest BCUT2D eigenvalue weighted by atomic mass is 35.5. The van der Waals surface area contributed by atoms with Crippen molar-refractivity contribution >= 4 is 23.4 Å². The first kappa shape index (κ1) is 15.4. The Hall–Kier alpha value is -1.03. The van der Waals surface area contributed by atoms with Crippen LogP contribution in [-0.4, -0.2) is 6.04 Å². The number of nitrogens with two attached hydrogens (primary N) is 1. The van der Waals surface area contributed by atoms with Gasteiger partial charge in [0.05, 0.1) is 0 Å². The largest absolute Gasteiger partial charge is 0.327 e. The van der Waals surface area contributed by atoms with E-state index in [-0.39, 0.29) is 17.1 Å². The lowest BCUT2D eigenvalue weighted by atomic mass is 10.1. The average molecular weight is 310 g/mol. The lowest BCUT2D eigenvalue weighted by Gasteiger charge is -2.21. The van der Waals surface area contributed by atoms with Crippen LogP contribution in [0.3, 0.4) is 0 Å². The SMILES string of the molecule is CC(N)C(SCc1ccccc1Cl)c1ccccc1F. The molecule has 0 amide bonds. The van der Waals surface area contributed by atoms with E-state index in [9.17, 15) is 4.39 Å². The second kappa shape index (κ2) is 7.11. The molecule has 0 aromatic heterocycles. The molecule has 0 fully saturated rings. The van der Waals surface area contributed by atoms with E-state index in [0.29, 0.717) is 11.3 Å². The van der Waals surface area contributed by atoms with Crippen LogP contribution in [0.1, 0.15) is 23.3 Å². The highest BCUT2D eigenvalue weighted by Crippen LogP contribution is 2.36. The van der Waals surface area contributed by atoms with Crippen LogP contribution in [0.25, 0.3) is 0 Å². The molecule has 0 heterocycles. The van der Waals surface area contributed by atoms with Gasteiger partial charge < -0.3 is 5.73 Å². The fraction of sp³-hybridized carbons (Fsp3) is 0.250.